The van der Waals surface area contributed by atoms with Crippen molar-refractivity contribution >= 4 is 37.5 Å². The number of nitrogens with zero attached hydrogens (tertiary/aromatic N) is 1. The Hall–Kier alpha value is -1.86. The first-order valence-corrected chi connectivity index (χ1v) is 10.9. The minimum atomic E-state index is -3.58. The van der Waals surface area contributed by atoms with Gasteiger partial charge in [-0.15, -0.1) is 0 Å². The topological polar surface area (TPSA) is 66.5 Å². The first-order valence-electron chi connectivity index (χ1n) is 8.30. The van der Waals surface area contributed by atoms with Crippen LogP contribution in [0.3, 0.4) is 0 Å². The van der Waals surface area contributed by atoms with E-state index in [2.05, 4.69) is 21.2 Å². The van der Waals surface area contributed by atoms with Crippen molar-refractivity contribution < 1.29 is 13.2 Å². The van der Waals surface area contributed by atoms with Gasteiger partial charge in [0.15, 0.2) is 0 Å². The highest BCUT2D eigenvalue weighted by Gasteiger charge is 2.22. The molecule has 0 aliphatic carbocycles. The molecule has 0 radical (unpaired) electrons. The molecule has 2 rings (SSSR count). The molecule has 0 bridgehead atoms. The minimum absolute atomic E-state index is 0.158. The Bertz CT molecular complexity index is 849. The van der Waals surface area contributed by atoms with Crippen LogP contribution in [0.15, 0.2) is 53.0 Å². The lowest BCUT2D eigenvalue weighted by molar-refractivity contribution is -0.120. The Morgan fingerprint density at radius 3 is 2.19 bits per heavy atom. The molecule has 2 aromatic rings. The van der Waals surface area contributed by atoms with Gasteiger partial charge in [0.05, 0.1) is 18.0 Å². The van der Waals surface area contributed by atoms with Crippen molar-refractivity contribution in [2.24, 2.45) is 0 Å². The summed E-state index contributed by atoms with van der Waals surface area (Å²) in [5, 5.41) is 2.93. The van der Waals surface area contributed by atoms with Crippen LogP contribution in [0.4, 0.5) is 5.69 Å². The van der Waals surface area contributed by atoms with E-state index in [1.54, 1.807) is 24.3 Å². The summed E-state index contributed by atoms with van der Waals surface area (Å²) < 4.78 is 26.2. The molecule has 26 heavy (non-hydrogen) atoms. The maximum Gasteiger partial charge on any atom is 0.241 e. The quantitative estimate of drug-likeness (QED) is 0.714. The molecule has 1 amide bonds. The van der Waals surface area contributed by atoms with Gasteiger partial charge in [-0.25, -0.2) is 8.42 Å². The smallest absolute Gasteiger partial charge is 0.241 e. The van der Waals surface area contributed by atoms with Crippen LogP contribution in [0.1, 0.15) is 30.5 Å². The van der Waals surface area contributed by atoms with Crippen molar-refractivity contribution in [3.8, 4) is 0 Å². The molecule has 0 saturated heterocycles. The van der Waals surface area contributed by atoms with Gasteiger partial charge in [0.25, 0.3) is 0 Å². The van der Waals surface area contributed by atoms with Gasteiger partial charge in [-0.05, 0) is 43.2 Å². The second-order valence-electron chi connectivity index (χ2n) is 6.19. The number of benzene rings is 2. The van der Waals surface area contributed by atoms with Crippen molar-refractivity contribution in [2.45, 2.75) is 26.3 Å². The van der Waals surface area contributed by atoms with E-state index >= 15 is 0 Å². The third-order valence-electron chi connectivity index (χ3n) is 4.03. The lowest BCUT2D eigenvalue weighted by Crippen LogP contribution is -2.41. The zero-order valence-corrected chi connectivity index (χ0v) is 17.5. The summed E-state index contributed by atoms with van der Waals surface area (Å²) in [6.07, 6.45) is 1.81. The molecule has 0 unspecified atom stereocenters. The fraction of sp³-hybridized carbons (Fsp3) is 0.316. The zero-order valence-electron chi connectivity index (χ0n) is 15.1. The number of carbonyl (C=O) groups excluding carboxylic acids is 1. The maximum absolute atomic E-state index is 12.5. The summed E-state index contributed by atoms with van der Waals surface area (Å²) in [6, 6.07) is 14.6. The Balaban J connectivity index is 2.16. The zero-order chi connectivity index (χ0) is 19.3. The van der Waals surface area contributed by atoms with Crippen LogP contribution in [0.2, 0.25) is 0 Å². The number of rotatable bonds is 7. The van der Waals surface area contributed by atoms with Gasteiger partial charge in [-0.1, -0.05) is 52.7 Å². The van der Waals surface area contributed by atoms with E-state index in [0.717, 1.165) is 26.2 Å². The van der Waals surface area contributed by atoms with Crippen molar-refractivity contribution in [2.75, 3.05) is 17.1 Å². The second-order valence-corrected chi connectivity index (χ2v) is 9.01. The van der Waals surface area contributed by atoms with E-state index in [1.165, 1.54) is 0 Å². The molecular weight excluding hydrogens is 416 g/mol. The van der Waals surface area contributed by atoms with E-state index in [0.29, 0.717) is 12.1 Å². The number of hydrogen-bond donors (Lipinski definition) is 1. The highest BCUT2D eigenvalue weighted by Crippen LogP contribution is 2.21. The second kappa shape index (κ2) is 8.68. The predicted molar refractivity (Wildman–Crippen MR) is 109 cm³/mol. The van der Waals surface area contributed by atoms with E-state index < -0.39 is 10.0 Å². The van der Waals surface area contributed by atoms with Crippen molar-refractivity contribution in [1.29, 1.82) is 0 Å². The van der Waals surface area contributed by atoms with Gasteiger partial charge in [-0.2, -0.15) is 0 Å². The van der Waals surface area contributed by atoms with Gasteiger partial charge in [0.2, 0.25) is 15.9 Å². The molecule has 0 aliphatic rings. The fourth-order valence-electron chi connectivity index (χ4n) is 2.60. The minimum Gasteiger partial charge on any atom is -0.348 e. The van der Waals surface area contributed by atoms with E-state index in [-0.39, 0.29) is 18.5 Å². The molecular formula is C19H23BrN2O3S. The van der Waals surface area contributed by atoms with Crippen LogP contribution < -0.4 is 9.62 Å². The molecule has 0 heterocycles. The number of nitrogens with one attached hydrogen (secondary N) is 1. The Morgan fingerprint density at radius 2 is 1.69 bits per heavy atom. The van der Waals surface area contributed by atoms with Crippen molar-refractivity contribution in [3.63, 3.8) is 0 Å². The summed E-state index contributed by atoms with van der Waals surface area (Å²) in [5.41, 5.74) is 2.60. The number of carbonyl (C=O) groups is 1. The summed E-state index contributed by atoms with van der Waals surface area (Å²) >= 11 is 3.32. The standard InChI is InChI=1S/C19H23BrN2O3S/c1-4-18(15-7-5-14(2)6-8-15)21-19(23)13-22(26(3,24)25)17-11-9-16(20)10-12-17/h5-12,18H,4,13H2,1-3H3,(H,21,23)/t18-/m1/s1. The molecule has 7 heteroatoms. The van der Waals surface area contributed by atoms with Crippen molar-refractivity contribution in [1.82, 2.24) is 5.32 Å². The van der Waals surface area contributed by atoms with E-state index in [4.69, 9.17) is 0 Å². The van der Waals surface area contributed by atoms with Crippen LogP contribution >= 0.6 is 15.9 Å². The normalized spacial score (nSPS) is 12.5. The molecule has 0 aliphatic heterocycles. The number of hydrogen-bond acceptors (Lipinski definition) is 3. The molecule has 0 fully saturated rings. The Labute approximate surface area is 163 Å². The summed E-state index contributed by atoms with van der Waals surface area (Å²) in [7, 11) is -3.58. The third-order valence-corrected chi connectivity index (χ3v) is 5.69. The molecule has 1 N–H and O–H groups in total. The predicted octanol–water partition coefficient (Wildman–Crippen LogP) is 3.79. The molecule has 1 atom stereocenters. The van der Waals surface area contributed by atoms with Gasteiger partial charge < -0.3 is 5.32 Å². The SMILES string of the molecule is CC[C@@H](NC(=O)CN(c1ccc(Br)cc1)S(C)(=O)=O)c1ccc(C)cc1. The van der Waals surface area contributed by atoms with Crippen LogP contribution in [-0.4, -0.2) is 27.1 Å². The molecule has 140 valence electrons. The number of amides is 1. The maximum atomic E-state index is 12.5. The first-order chi connectivity index (χ1) is 12.2. The third kappa shape index (κ3) is 5.57. The molecule has 5 nitrogen and oxygen atoms in total. The Morgan fingerprint density at radius 1 is 1.12 bits per heavy atom. The summed E-state index contributed by atoms with van der Waals surface area (Å²) in [4.78, 5) is 12.5. The highest BCUT2D eigenvalue weighted by atomic mass is 79.9. The lowest BCUT2D eigenvalue weighted by atomic mass is 10.0. The van der Waals surface area contributed by atoms with Crippen LogP contribution in [0.5, 0.6) is 0 Å². The summed E-state index contributed by atoms with van der Waals surface area (Å²) in [6.45, 7) is 3.72. The molecule has 2 aromatic carbocycles. The van der Waals surface area contributed by atoms with Gasteiger partial charge in [0.1, 0.15) is 6.54 Å². The van der Waals surface area contributed by atoms with E-state index in [1.807, 2.05) is 38.1 Å². The first kappa shape index (κ1) is 20.5. The van der Waals surface area contributed by atoms with Crippen LogP contribution in [0, 0.1) is 6.92 Å². The largest absolute Gasteiger partial charge is 0.348 e. The van der Waals surface area contributed by atoms with Gasteiger partial charge in [0, 0.05) is 4.47 Å². The summed E-state index contributed by atoms with van der Waals surface area (Å²) in [5.74, 6) is -0.342. The monoisotopic (exact) mass is 438 g/mol. The molecule has 0 aromatic heterocycles. The van der Waals surface area contributed by atoms with Gasteiger partial charge in [-0.3, -0.25) is 9.10 Å². The van der Waals surface area contributed by atoms with Gasteiger partial charge >= 0.3 is 0 Å². The average molecular weight is 439 g/mol. The molecule has 0 saturated carbocycles. The number of sulfonamides is 1. The highest BCUT2D eigenvalue weighted by molar-refractivity contribution is 9.10. The fourth-order valence-corrected chi connectivity index (χ4v) is 3.72. The Kier molecular flexibility index (Phi) is 6.83. The van der Waals surface area contributed by atoms with Crippen molar-refractivity contribution in [3.05, 3.63) is 64.1 Å². The van der Waals surface area contributed by atoms with Crippen LogP contribution in [-0.2, 0) is 14.8 Å². The number of aryl methyl sites for hydroxylation is 1. The average Bonchev–Trinajstić information content (AvgIpc) is 2.58. The number of halogens is 1. The number of anilines is 1. The molecule has 0 spiro atoms. The van der Waals surface area contributed by atoms with E-state index in [9.17, 15) is 13.2 Å². The van der Waals surface area contributed by atoms with Crippen LogP contribution in [0.25, 0.3) is 0 Å². The lowest BCUT2D eigenvalue weighted by Gasteiger charge is -2.24.